The number of carbonyl (C=O) groups is 1. The topological polar surface area (TPSA) is 75.7 Å². The van der Waals surface area contributed by atoms with Crippen LogP contribution in [0.1, 0.15) is 19.4 Å². The number of hydrogen-bond acceptors (Lipinski definition) is 6. The number of benzene rings is 2. The molecule has 10 heteroatoms. The van der Waals surface area contributed by atoms with Gasteiger partial charge < -0.3 is 25.0 Å². The van der Waals surface area contributed by atoms with Crippen LogP contribution >= 0.6 is 0 Å². The van der Waals surface area contributed by atoms with Crippen molar-refractivity contribution < 1.29 is 27.4 Å². The van der Waals surface area contributed by atoms with Crippen molar-refractivity contribution in [3.8, 4) is 11.5 Å². The summed E-state index contributed by atoms with van der Waals surface area (Å²) in [6.45, 7) is 7.83. The number of aryl methyl sites for hydroxylation is 1. The second-order valence-corrected chi connectivity index (χ2v) is 8.70. The molecule has 186 valence electrons. The van der Waals surface area contributed by atoms with E-state index >= 15 is 0 Å². The van der Waals surface area contributed by atoms with E-state index in [2.05, 4.69) is 40.2 Å². The van der Waals surface area contributed by atoms with Crippen LogP contribution < -0.4 is 25.0 Å². The Hall–Kier alpha value is -3.53. The maximum atomic E-state index is 12.4. The van der Waals surface area contributed by atoms with E-state index in [0.29, 0.717) is 17.8 Å². The summed E-state index contributed by atoms with van der Waals surface area (Å²) in [5.74, 6) is 0.425. The summed E-state index contributed by atoms with van der Waals surface area (Å²) >= 11 is 0. The number of ether oxygens (including phenoxy) is 2. The van der Waals surface area contributed by atoms with Crippen LogP contribution in [0, 0.1) is 6.92 Å². The van der Waals surface area contributed by atoms with E-state index in [4.69, 9.17) is 9.72 Å². The molecule has 1 aromatic heterocycles. The van der Waals surface area contributed by atoms with E-state index in [1.54, 1.807) is 6.07 Å². The summed E-state index contributed by atoms with van der Waals surface area (Å²) in [4.78, 5) is 19.5. The number of piperazine rings is 1. The minimum Gasteiger partial charge on any atom is -0.484 e. The summed E-state index contributed by atoms with van der Waals surface area (Å²) in [7, 11) is 0. The van der Waals surface area contributed by atoms with Crippen LogP contribution in [0.5, 0.6) is 11.5 Å². The molecule has 0 unspecified atom stereocenters. The molecule has 35 heavy (non-hydrogen) atoms. The minimum atomic E-state index is -4.76. The molecule has 0 spiro atoms. The Kier molecular flexibility index (Phi) is 7.02. The Morgan fingerprint density at radius 1 is 1.14 bits per heavy atom. The Balaban J connectivity index is 1.39. The molecule has 0 saturated carbocycles. The monoisotopic (exact) mass is 488 g/mol. The molecule has 2 atom stereocenters. The van der Waals surface area contributed by atoms with Gasteiger partial charge in [0.1, 0.15) is 17.3 Å². The Morgan fingerprint density at radius 2 is 1.86 bits per heavy atom. The van der Waals surface area contributed by atoms with Crippen molar-refractivity contribution in [2.75, 3.05) is 29.9 Å². The van der Waals surface area contributed by atoms with Crippen molar-refractivity contribution >= 4 is 28.3 Å². The standard InChI is InChI=1S/C25H27F3N4O3/c1-15-10-23(32-13-16(2)29-12-17(32)3)31-22-9-4-18(11-21(15)22)30-24(33)14-34-19-5-7-20(8-6-19)35-25(26,27)28/h4-11,16-17,29H,12-14H2,1-3H3,(H,30,33)/t16-,17+/m1/s1. The molecule has 1 amide bonds. The fourth-order valence-corrected chi connectivity index (χ4v) is 4.03. The van der Waals surface area contributed by atoms with E-state index in [0.717, 1.165) is 47.5 Å². The molecule has 2 aromatic carbocycles. The fourth-order valence-electron chi connectivity index (χ4n) is 4.03. The van der Waals surface area contributed by atoms with Gasteiger partial charge in [0.25, 0.3) is 5.91 Å². The average Bonchev–Trinajstić information content (AvgIpc) is 2.79. The lowest BCUT2D eigenvalue weighted by molar-refractivity contribution is -0.274. The number of hydrogen-bond donors (Lipinski definition) is 2. The highest BCUT2D eigenvalue weighted by atomic mass is 19.4. The van der Waals surface area contributed by atoms with Crippen LogP contribution in [0.3, 0.4) is 0 Å². The van der Waals surface area contributed by atoms with Crippen LogP contribution in [-0.4, -0.2) is 49.0 Å². The van der Waals surface area contributed by atoms with Crippen LogP contribution in [0.25, 0.3) is 10.9 Å². The number of rotatable bonds is 6. The molecular weight excluding hydrogens is 461 g/mol. The number of fused-ring (bicyclic) bond motifs is 1. The highest BCUT2D eigenvalue weighted by molar-refractivity contribution is 5.95. The average molecular weight is 489 g/mol. The lowest BCUT2D eigenvalue weighted by Gasteiger charge is -2.38. The largest absolute Gasteiger partial charge is 0.573 e. The van der Waals surface area contributed by atoms with Gasteiger partial charge in [-0.15, -0.1) is 13.2 Å². The number of aromatic nitrogens is 1. The Morgan fingerprint density at radius 3 is 2.57 bits per heavy atom. The highest BCUT2D eigenvalue weighted by Gasteiger charge is 2.31. The predicted molar refractivity (Wildman–Crippen MR) is 128 cm³/mol. The van der Waals surface area contributed by atoms with E-state index in [1.807, 2.05) is 19.1 Å². The molecule has 4 rings (SSSR count). The second kappa shape index (κ2) is 9.99. The number of alkyl halides is 3. The predicted octanol–water partition coefficient (Wildman–Crippen LogP) is 4.65. The van der Waals surface area contributed by atoms with Gasteiger partial charge in [-0.05, 0) is 74.9 Å². The Labute approximate surface area is 201 Å². The van der Waals surface area contributed by atoms with Gasteiger partial charge in [-0.2, -0.15) is 0 Å². The molecule has 0 radical (unpaired) electrons. The maximum absolute atomic E-state index is 12.4. The third kappa shape index (κ3) is 6.33. The summed E-state index contributed by atoms with van der Waals surface area (Å²) in [5, 5.41) is 7.19. The second-order valence-electron chi connectivity index (χ2n) is 8.70. The van der Waals surface area contributed by atoms with Crippen LogP contribution in [0.4, 0.5) is 24.7 Å². The Bertz CT molecular complexity index is 1200. The summed E-state index contributed by atoms with van der Waals surface area (Å²) in [6.07, 6.45) is -4.76. The van der Waals surface area contributed by atoms with Crippen molar-refractivity contribution in [2.24, 2.45) is 0 Å². The molecule has 2 heterocycles. The number of nitrogens with zero attached hydrogens (tertiary/aromatic N) is 2. The number of carbonyl (C=O) groups excluding carboxylic acids is 1. The smallest absolute Gasteiger partial charge is 0.484 e. The zero-order valence-corrected chi connectivity index (χ0v) is 19.6. The first-order valence-electron chi connectivity index (χ1n) is 11.3. The number of pyridine rings is 1. The molecule has 0 aliphatic carbocycles. The SMILES string of the molecule is Cc1cc(N2C[C@@H](C)NC[C@@H]2C)nc2ccc(NC(=O)COc3ccc(OC(F)(F)F)cc3)cc12. The van der Waals surface area contributed by atoms with Crippen LogP contribution in [0.2, 0.25) is 0 Å². The zero-order chi connectivity index (χ0) is 25.2. The molecular formula is C25H27F3N4O3. The summed E-state index contributed by atoms with van der Waals surface area (Å²) in [6, 6.07) is 13.2. The molecule has 0 bridgehead atoms. The normalized spacial score (nSPS) is 18.4. The van der Waals surface area contributed by atoms with Crippen molar-refractivity contribution in [3.05, 3.63) is 54.1 Å². The van der Waals surface area contributed by atoms with E-state index in [1.165, 1.54) is 12.1 Å². The molecule has 1 saturated heterocycles. The maximum Gasteiger partial charge on any atom is 0.573 e. The van der Waals surface area contributed by atoms with Crippen molar-refractivity contribution in [2.45, 2.75) is 39.2 Å². The first-order valence-corrected chi connectivity index (χ1v) is 11.3. The number of halogens is 3. The van der Waals surface area contributed by atoms with Crippen LogP contribution in [-0.2, 0) is 4.79 Å². The van der Waals surface area contributed by atoms with Gasteiger partial charge in [-0.3, -0.25) is 4.79 Å². The van der Waals surface area contributed by atoms with E-state index < -0.39 is 12.3 Å². The van der Waals surface area contributed by atoms with Gasteiger partial charge in [0.2, 0.25) is 0 Å². The molecule has 1 aliphatic rings. The van der Waals surface area contributed by atoms with Crippen molar-refractivity contribution in [1.82, 2.24) is 10.3 Å². The number of amides is 1. The molecule has 1 fully saturated rings. The quantitative estimate of drug-likeness (QED) is 0.526. The van der Waals surface area contributed by atoms with E-state index in [-0.39, 0.29) is 18.1 Å². The summed E-state index contributed by atoms with van der Waals surface area (Å²) in [5.41, 5.74) is 2.49. The van der Waals surface area contributed by atoms with Gasteiger partial charge >= 0.3 is 6.36 Å². The van der Waals surface area contributed by atoms with Gasteiger partial charge in [0.15, 0.2) is 6.61 Å². The molecule has 7 nitrogen and oxygen atoms in total. The molecule has 3 aromatic rings. The lowest BCUT2D eigenvalue weighted by atomic mass is 10.1. The van der Waals surface area contributed by atoms with Gasteiger partial charge in [-0.1, -0.05) is 0 Å². The first-order chi connectivity index (χ1) is 16.6. The fraction of sp³-hybridized carbons (Fsp3) is 0.360. The van der Waals surface area contributed by atoms with Crippen molar-refractivity contribution in [1.29, 1.82) is 0 Å². The third-order valence-corrected chi connectivity index (χ3v) is 5.77. The lowest BCUT2D eigenvalue weighted by Crippen LogP contribution is -2.54. The van der Waals surface area contributed by atoms with Gasteiger partial charge in [-0.25, -0.2) is 4.98 Å². The van der Waals surface area contributed by atoms with Crippen LogP contribution in [0.15, 0.2) is 48.5 Å². The third-order valence-electron chi connectivity index (χ3n) is 5.77. The van der Waals surface area contributed by atoms with Gasteiger partial charge in [0.05, 0.1) is 5.52 Å². The zero-order valence-electron chi connectivity index (χ0n) is 19.6. The number of nitrogens with one attached hydrogen (secondary N) is 2. The molecule has 1 aliphatic heterocycles. The number of anilines is 2. The molecule has 2 N–H and O–H groups in total. The highest BCUT2D eigenvalue weighted by Crippen LogP contribution is 2.28. The minimum absolute atomic E-state index is 0.247. The summed E-state index contributed by atoms with van der Waals surface area (Å²) < 4.78 is 45.9. The van der Waals surface area contributed by atoms with Crippen molar-refractivity contribution in [3.63, 3.8) is 0 Å². The first kappa shape index (κ1) is 24.6. The van der Waals surface area contributed by atoms with E-state index in [9.17, 15) is 18.0 Å². The van der Waals surface area contributed by atoms with Gasteiger partial charge in [0, 0.05) is 36.2 Å².